The average Bonchev–Trinajstić information content (AvgIpc) is 2.74. The van der Waals surface area contributed by atoms with Crippen LogP contribution < -0.4 is 0 Å². The maximum absolute atomic E-state index is 10.6. The van der Waals surface area contributed by atoms with E-state index >= 15 is 0 Å². The Morgan fingerprint density at radius 1 is 1.37 bits per heavy atom. The van der Waals surface area contributed by atoms with Gasteiger partial charge in [0.25, 0.3) is 0 Å². The van der Waals surface area contributed by atoms with Crippen LogP contribution in [0.15, 0.2) is 5.16 Å². The molecule has 1 rings (SSSR count). The van der Waals surface area contributed by atoms with E-state index in [4.69, 9.17) is 5.11 Å². The van der Waals surface area contributed by atoms with E-state index in [0.29, 0.717) is 5.16 Å². The number of aromatic nitrogens is 3. The predicted octanol–water partition coefficient (Wildman–Crippen LogP) is 1.36. The minimum atomic E-state index is -0.829. The zero-order chi connectivity index (χ0) is 14.3. The summed E-state index contributed by atoms with van der Waals surface area (Å²) in [6.45, 7) is 3.94. The summed E-state index contributed by atoms with van der Waals surface area (Å²) in [5.74, 6) is 0.127. The van der Waals surface area contributed by atoms with Crippen molar-refractivity contribution in [3.05, 3.63) is 5.82 Å². The third kappa shape index (κ3) is 5.61. The molecule has 0 unspecified atom stereocenters. The maximum Gasteiger partial charge on any atom is 0.313 e. The lowest BCUT2D eigenvalue weighted by molar-refractivity contribution is -0.133. The monoisotopic (exact) mass is 286 g/mol. The smallest absolute Gasteiger partial charge is 0.313 e. The lowest BCUT2D eigenvalue weighted by Crippen LogP contribution is -2.14. The van der Waals surface area contributed by atoms with E-state index in [1.165, 1.54) is 11.8 Å². The highest BCUT2D eigenvalue weighted by Gasteiger charge is 2.12. The molecule has 0 aromatic carbocycles. The van der Waals surface area contributed by atoms with Crippen molar-refractivity contribution in [1.82, 2.24) is 19.7 Å². The Labute approximate surface area is 118 Å². The van der Waals surface area contributed by atoms with Gasteiger partial charge in [-0.15, -0.1) is 10.2 Å². The summed E-state index contributed by atoms with van der Waals surface area (Å²) in [7, 11) is 4.12. The predicted molar refractivity (Wildman–Crippen MR) is 75.5 cm³/mol. The van der Waals surface area contributed by atoms with E-state index in [-0.39, 0.29) is 5.75 Å². The van der Waals surface area contributed by atoms with E-state index in [1.807, 2.05) is 11.5 Å². The molecular formula is C12H22N4O2S. The summed E-state index contributed by atoms with van der Waals surface area (Å²) >= 11 is 1.24. The first-order valence-corrected chi connectivity index (χ1v) is 7.44. The van der Waals surface area contributed by atoms with Crippen molar-refractivity contribution in [3.63, 3.8) is 0 Å². The van der Waals surface area contributed by atoms with Crippen LogP contribution in [0.25, 0.3) is 0 Å². The first-order valence-electron chi connectivity index (χ1n) is 6.46. The second-order valence-corrected chi connectivity index (χ2v) is 5.54. The Morgan fingerprint density at radius 2 is 2.11 bits per heavy atom. The fraction of sp³-hybridized carbons (Fsp3) is 0.750. The topological polar surface area (TPSA) is 71.2 Å². The van der Waals surface area contributed by atoms with Crippen molar-refractivity contribution in [2.45, 2.75) is 37.9 Å². The lowest BCUT2D eigenvalue weighted by atomic mass is 10.3. The molecule has 0 radical (unpaired) electrons. The number of carboxylic acids is 1. The van der Waals surface area contributed by atoms with Gasteiger partial charge in [0.1, 0.15) is 5.82 Å². The normalized spacial score (nSPS) is 11.2. The maximum atomic E-state index is 10.6. The summed E-state index contributed by atoms with van der Waals surface area (Å²) in [5, 5.41) is 17.6. The number of carbonyl (C=O) groups is 1. The van der Waals surface area contributed by atoms with Gasteiger partial charge in [-0.3, -0.25) is 4.79 Å². The Balaban J connectivity index is 2.57. The van der Waals surface area contributed by atoms with Crippen LogP contribution in [-0.4, -0.2) is 57.1 Å². The quantitative estimate of drug-likeness (QED) is 0.546. The molecule has 0 aliphatic carbocycles. The van der Waals surface area contributed by atoms with Gasteiger partial charge >= 0.3 is 5.97 Å². The van der Waals surface area contributed by atoms with Crippen LogP contribution in [-0.2, 0) is 17.8 Å². The molecule has 0 amide bonds. The van der Waals surface area contributed by atoms with Gasteiger partial charge in [0.2, 0.25) is 0 Å². The van der Waals surface area contributed by atoms with Crippen molar-refractivity contribution in [2.75, 3.05) is 26.4 Å². The number of aliphatic carboxylic acids is 1. The molecule has 0 aliphatic heterocycles. The molecule has 0 atom stereocenters. The minimum absolute atomic E-state index is 0.0273. The SMILES string of the molecule is CCc1nnc(SCC(=O)O)n1CCCCN(C)C. The Bertz CT molecular complexity index is 406. The summed E-state index contributed by atoms with van der Waals surface area (Å²) in [5.41, 5.74) is 0. The molecule has 0 fully saturated rings. The Kier molecular flexibility index (Phi) is 6.86. The Hall–Kier alpha value is -1.08. The van der Waals surface area contributed by atoms with Gasteiger partial charge in [-0.1, -0.05) is 18.7 Å². The molecule has 0 saturated heterocycles. The van der Waals surface area contributed by atoms with Gasteiger partial charge in [-0.25, -0.2) is 0 Å². The lowest BCUT2D eigenvalue weighted by Gasteiger charge is -2.11. The zero-order valence-corrected chi connectivity index (χ0v) is 12.6. The van der Waals surface area contributed by atoms with Gasteiger partial charge in [0.15, 0.2) is 5.16 Å². The summed E-state index contributed by atoms with van der Waals surface area (Å²) in [6.07, 6.45) is 2.97. The van der Waals surface area contributed by atoms with E-state index < -0.39 is 5.97 Å². The van der Waals surface area contributed by atoms with Gasteiger partial charge in [-0.05, 0) is 33.5 Å². The third-order valence-corrected chi connectivity index (χ3v) is 3.62. The molecule has 0 spiro atoms. The number of unbranched alkanes of at least 4 members (excludes halogenated alkanes) is 1. The Morgan fingerprint density at radius 3 is 2.68 bits per heavy atom. The molecule has 108 valence electrons. The molecule has 7 heteroatoms. The van der Waals surface area contributed by atoms with Crippen molar-refractivity contribution >= 4 is 17.7 Å². The number of aryl methyl sites for hydroxylation is 1. The van der Waals surface area contributed by atoms with Crippen molar-refractivity contribution in [1.29, 1.82) is 0 Å². The standard InChI is InChI=1S/C12H22N4O2S/c1-4-10-13-14-12(19-9-11(17)18)16(10)8-6-5-7-15(2)3/h4-9H2,1-3H3,(H,17,18). The first kappa shape index (κ1) is 16.0. The number of hydrogen-bond donors (Lipinski definition) is 1. The zero-order valence-electron chi connectivity index (χ0n) is 11.8. The van der Waals surface area contributed by atoms with E-state index in [1.54, 1.807) is 0 Å². The number of hydrogen-bond acceptors (Lipinski definition) is 5. The largest absolute Gasteiger partial charge is 0.481 e. The van der Waals surface area contributed by atoms with Gasteiger partial charge in [-0.2, -0.15) is 0 Å². The third-order valence-electron chi connectivity index (χ3n) is 2.67. The molecule has 0 bridgehead atoms. The molecule has 19 heavy (non-hydrogen) atoms. The summed E-state index contributed by atoms with van der Waals surface area (Å²) in [6, 6.07) is 0. The van der Waals surface area contributed by atoms with Crippen LogP contribution >= 0.6 is 11.8 Å². The van der Waals surface area contributed by atoms with Crippen molar-refractivity contribution < 1.29 is 9.90 Å². The molecule has 1 N–H and O–H groups in total. The number of nitrogens with zero attached hydrogens (tertiary/aromatic N) is 4. The van der Waals surface area contributed by atoms with Crippen LogP contribution in [0.3, 0.4) is 0 Å². The van der Waals surface area contributed by atoms with Gasteiger partial charge in [0, 0.05) is 13.0 Å². The van der Waals surface area contributed by atoms with Crippen LogP contribution in [0.1, 0.15) is 25.6 Å². The average molecular weight is 286 g/mol. The number of thioether (sulfide) groups is 1. The molecular weight excluding hydrogens is 264 g/mol. The molecule has 6 nitrogen and oxygen atoms in total. The van der Waals surface area contributed by atoms with Crippen molar-refractivity contribution in [2.24, 2.45) is 0 Å². The van der Waals surface area contributed by atoms with Crippen LogP contribution in [0.4, 0.5) is 0 Å². The minimum Gasteiger partial charge on any atom is -0.481 e. The summed E-state index contributed by atoms with van der Waals surface area (Å²) in [4.78, 5) is 12.8. The number of rotatable bonds is 9. The highest BCUT2D eigenvalue weighted by Crippen LogP contribution is 2.18. The molecule has 0 saturated carbocycles. The highest BCUT2D eigenvalue weighted by molar-refractivity contribution is 7.99. The molecule has 1 heterocycles. The van der Waals surface area contributed by atoms with Gasteiger partial charge < -0.3 is 14.6 Å². The number of carboxylic acid groups (broad SMARTS) is 1. The van der Waals surface area contributed by atoms with E-state index in [2.05, 4.69) is 29.2 Å². The second kappa shape index (κ2) is 8.16. The fourth-order valence-electron chi connectivity index (χ4n) is 1.74. The van der Waals surface area contributed by atoms with E-state index in [0.717, 1.165) is 38.2 Å². The van der Waals surface area contributed by atoms with Crippen LogP contribution in [0.2, 0.25) is 0 Å². The highest BCUT2D eigenvalue weighted by atomic mass is 32.2. The first-order chi connectivity index (χ1) is 9.04. The summed E-state index contributed by atoms with van der Waals surface area (Å²) < 4.78 is 2.04. The second-order valence-electron chi connectivity index (χ2n) is 4.60. The van der Waals surface area contributed by atoms with E-state index in [9.17, 15) is 4.79 Å². The molecule has 1 aromatic rings. The molecule has 1 aromatic heterocycles. The van der Waals surface area contributed by atoms with Crippen LogP contribution in [0.5, 0.6) is 0 Å². The van der Waals surface area contributed by atoms with Crippen molar-refractivity contribution in [3.8, 4) is 0 Å². The fourth-order valence-corrected chi connectivity index (χ4v) is 2.44. The van der Waals surface area contributed by atoms with Gasteiger partial charge in [0.05, 0.1) is 5.75 Å². The molecule has 0 aliphatic rings. The van der Waals surface area contributed by atoms with Crippen LogP contribution in [0, 0.1) is 0 Å².